The summed E-state index contributed by atoms with van der Waals surface area (Å²) in [5.41, 5.74) is 1.02. The zero-order valence-electron chi connectivity index (χ0n) is 12.9. The molecular formula is C14H29N5. The lowest BCUT2D eigenvalue weighted by atomic mass is 10.3. The van der Waals surface area contributed by atoms with Gasteiger partial charge >= 0.3 is 0 Å². The van der Waals surface area contributed by atoms with Crippen molar-refractivity contribution in [2.45, 2.75) is 59.7 Å². The van der Waals surface area contributed by atoms with Gasteiger partial charge in [-0.1, -0.05) is 32.9 Å². The first-order valence-electron chi connectivity index (χ1n) is 7.50. The largest absolute Gasteiger partial charge is 0.309 e. The molecule has 0 spiro atoms. The van der Waals surface area contributed by atoms with E-state index < -0.39 is 0 Å². The van der Waals surface area contributed by atoms with Crippen LogP contribution in [0.5, 0.6) is 0 Å². The summed E-state index contributed by atoms with van der Waals surface area (Å²) in [6.07, 6.45) is 4.47. The summed E-state index contributed by atoms with van der Waals surface area (Å²) in [6.45, 7) is 13.9. The molecule has 0 fully saturated rings. The van der Waals surface area contributed by atoms with Crippen LogP contribution in [-0.2, 0) is 13.1 Å². The van der Waals surface area contributed by atoms with Gasteiger partial charge in [0, 0.05) is 25.3 Å². The molecule has 5 nitrogen and oxygen atoms in total. The van der Waals surface area contributed by atoms with Gasteiger partial charge in [0.05, 0.1) is 12.2 Å². The first-order valence-corrected chi connectivity index (χ1v) is 7.50. The minimum atomic E-state index is 0.481. The van der Waals surface area contributed by atoms with Crippen LogP contribution in [0.3, 0.4) is 0 Å². The molecule has 1 rings (SSSR count). The van der Waals surface area contributed by atoms with Crippen molar-refractivity contribution in [1.82, 2.24) is 25.2 Å². The van der Waals surface area contributed by atoms with E-state index in [4.69, 9.17) is 0 Å². The van der Waals surface area contributed by atoms with E-state index in [9.17, 15) is 0 Å². The molecule has 19 heavy (non-hydrogen) atoms. The molecule has 1 heterocycles. The predicted molar refractivity (Wildman–Crippen MR) is 79.0 cm³/mol. The molecule has 0 aliphatic rings. The highest BCUT2D eigenvalue weighted by Crippen LogP contribution is 1.98. The van der Waals surface area contributed by atoms with E-state index in [0.29, 0.717) is 6.04 Å². The first-order chi connectivity index (χ1) is 9.15. The van der Waals surface area contributed by atoms with Gasteiger partial charge in [-0.05, 0) is 25.9 Å². The summed E-state index contributed by atoms with van der Waals surface area (Å²) in [6, 6.07) is 0.481. The van der Waals surface area contributed by atoms with Gasteiger partial charge in [-0.3, -0.25) is 4.68 Å². The van der Waals surface area contributed by atoms with Gasteiger partial charge in [0.25, 0.3) is 0 Å². The third-order valence-corrected chi connectivity index (χ3v) is 3.00. The number of aromatic nitrogens is 3. The van der Waals surface area contributed by atoms with Gasteiger partial charge < -0.3 is 10.2 Å². The number of nitrogens with zero attached hydrogens (tertiary/aromatic N) is 4. The standard InChI is InChI=1S/C14H29N5/c1-5-7-18(8-6-2)9-10-19-12-14(16-17-19)11-15-13(3)4/h12-13,15H,5-11H2,1-4H3. The number of hydrogen-bond donors (Lipinski definition) is 1. The Morgan fingerprint density at radius 2 is 1.89 bits per heavy atom. The van der Waals surface area contributed by atoms with E-state index in [1.165, 1.54) is 25.9 Å². The fourth-order valence-electron chi connectivity index (χ4n) is 2.05. The third-order valence-electron chi connectivity index (χ3n) is 3.00. The molecule has 0 radical (unpaired) electrons. The maximum absolute atomic E-state index is 4.19. The molecule has 110 valence electrons. The van der Waals surface area contributed by atoms with E-state index in [1.54, 1.807) is 0 Å². The second-order valence-corrected chi connectivity index (χ2v) is 5.35. The van der Waals surface area contributed by atoms with Crippen LogP contribution in [0.4, 0.5) is 0 Å². The van der Waals surface area contributed by atoms with Crippen molar-refractivity contribution in [2.24, 2.45) is 0 Å². The Labute approximate surface area is 117 Å². The number of rotatable bonds is 10. The zero-order chi connectivity index (χ0) is 14.1. The Balaban J connectivity index is 2.35. The fourth-order valence-corrected chi connectivity index (χ4v) is 2.05. The summed E-state index contributed by atoms with van der Waals surface area (Å²) >= 11 is 0. The highest BCUT2D eigenvalue weighted by atomic mass is 15.4. The normalized spacial score (nSPS) is 11.7. The number of nitrogens with one attached hydrogen (secondary N) is 1. The van der Waals surface area contributed by atoms with Crippen LogP contribution in [0.25, 0.3) is 0 Å². The van der Waals surface area contributed by atoms with Gasteiger partial charge in [-0.2, -0.15) is 0 Å². The molecule has 1 N–H and O–H groups in total. The Hall–Kier alpha value is -0.940. The van der Waals surface area contributed by atoms with Crippen molar-refractivity contribution >= 4 is 0 Å². The van der Waals surface area contributed by atoms with Crippen LogP contribution < -0.4 is 5.32 Å². The van der Waals surface area contributed by atoms with Crippen molar-refractivity contribution in [3.8, 4) is 0 Å². The molecule has 0 saturated heterocycles. The average Bonchev–Trinajstić information content (AvgIpc) is 2.82. The molecule has 0 bridgehead atoms. The minimum absolute atomic E-state index is 0.481. The maximum atomic E-state index is 4.19. The van der Waals surface area contributed by atoms with Crippen LogP contribution >= 0.6 is 0 Å². The van der Waals surface area contributed by atoms with E-state index in [1.807, 2.05) is 10.9 Å². The lowest BCUT2D eigenvalue weighted by Gasteiger charge is -2.20. The summed E-state index contributed by atoms with van der Waals surface area (Å²) in [4.78, 5) is 2.49. The smallest absolute Gasteiger partial charge is 0.0964 e. The van der Waals surface area contributed by atoms with Crippen LogP contribution in [0.2, 0.25) is 0 Å². The van der Waals surface area contributed by atoms with Crippen molar-refractivity contribution < 1.29 is 0 Å². The van der Waals surface area contributed by atoms with Gasteiger partial charge in [-0.25, -0.2) is 0 Å². The lowest BCUT2D eigenvalue weighted by molar-refractivity contribution is 0.258. The van der Waals surface area contributed by atoms with Crippen LogP contribution in [0, 0.1) is 0 Å². The van der Waals surface area contributed by atoms with Crippen LogP contribution in [0.15, 0.2) is 6.20 Å². The Morgan fingerprint density at radius 1 is 1.21 bits per heavy atom. The maximum Gasteiger partial charge on any atom is 0.0964 e. The topological polar surface area (TPSA) is 46.0 Å². The van der Waals surface area contributed by atoms with E-state index >= 15 is 0 Å². The molecule has 1 aromatic heterocycles. The van der Waals surface area contributed by atoms with Crippen molar-refractivity contribution in [3.05, 3.63) is 11.9 Å². The molecular weight excluding hydrogens is 238 g/mol. The van der Waals surface area contributed by atoms with Crippen LogP contribution in [-0.4, -0.2) is 45.6 Å². The van der Waals surface area contributed by atoms with E-state index in [-0.39, 0.29) is 0 Å². The summed E-state index contributed by atoms with van der Waals surface area (Å²) in [5, 5.41) is 11.7. The molecule has 0 unspecified atom stereocenters. The second-order valence-electron chi connectivity index (χ2n) is 5.35. The minimum Gasteiger partial charge on any atom is -0.309 e. The molecule has 0 aliphatic carbocycles. The van der Waals surface area contributed by atoms with Crippen molar-refractivity contribution in [2.75, 3.05) is 19.6 Å². The fraction of sp³-hybridized carbons (Fsp3) is 0.857. The average molecular weight is 267 g/mol. The van der Waals surface area contributed by atoms with Crippen molar-refractivity contribution in [1.29, 1.82) is 0 Å². The van der Waals surface area contributed by atoms with E-state index in [0.717, 1.165) is 25.3 Å². The molecule has 5 heteroatoms. The third kappa shape index (κ3) is 6.68. The molecule has 0 aliphatic heterocycles. The lowest BCUT2D eigenvalue weighted by Crippen LogP contribution is -2.29. The molecule has 0 atom stereocenters. The highest BCUT2D eigenvalue weighted by molar-refractivity contribution is 4.91. The summed E-state index contributed by atoms with van der Waals surface area (Å²) < 4.78 is 1.95. The van der Waals surface area contributed by atoms with Crippen molar-refractivity contribution in [3.63, 3.8) is 0 Å². The van der Waals surface area contributed by atoms with Gasteiger partial charge in [0.2, 0.25) is 0 Å². The molecule has 0 amide bonds. The highest BCUT2D eigenvalue weighted by Gasteiger charge is 2.05. The van der Waals surface area contributed by atoms with E-state index in [2.05, 4.69) is 48.2 Å². The van der Waals surface area contributed by atoms with Crippen LogP contribution in [0.1, 0.15) is 46.2 Å². The predicted octanol–water partition coefficient (Wildman–Crippen LogP) is 1.90. The molecule has 0 aromatic carbocycles. The summed E-state index contributed by atoms with van der Waals surface area (Å²) in [5.74, 6) is 0. The van der Waals surface area contributed by atoms with Gasteiger partial charge in [0.1, 0.15) is 0 Å². The Bertz CT molecular complexity index is 328. The Morgan fingerprint density at radius 3 is 2.47 bits per heavy atom. The summed E-state index contributed by atoms with van der Waals surface area (Å²) in [7, 11) is 0. The molecule has 0 saturated carbocycles. The Kier molecular flexibility index (Phi) is 7.67. The quantitative estimate of drug-likeness (QED) is 0.703. The molecule has 1 aromatic rings. The first kappa shape index (κ1) is 16.1. The van der Waals surface area contributed by atoms with Gasteiger partial charge in [-0.15, -0.1) is 5.10 Å². The van der Waals surface area contributed by atoms with Gasteiger partial charge in [0.15, 0.2) is 0 Å². The monoisotopic (exact) mass is 267 g/mol. The second kappa shape index (κ2) is 9.04. The number of hydrogen-bond acceptors (Lipinski definition) is 4. The zero-order valence-corrected chi connectivity index (χ0v) is 12.9. The SMILES string of the molecule is CCCN(CCC)CCn1cc(CNC(C)C)nn1.